The summed E-state index contributed by atoms with van der Waals surface area (Å²) < 4.78 is 3.83. The van der Waals surface area contributed by atoms with Crippen LogP contribution in [0.5, 0.6) is 0 Å². The monoisotopic (exact) mass is 449 g/mol. The number of benzene rings is 3. The van der Waals surface area contributed by atoms with Gasteiger partial charge < -0.3 is 0 Å². The van der Waals surface area contributed by atoms with Crippen LogP contribution in [0.15, 0.2) is 84.9 Å². The third-order valence-corrected chi connectivity index (χ3v) is 6.13. The molecule has 6 heteroatoms. The van der Waals surface area contributed by atoms with Gasteiger partial charge in [0.1, 0.15) is 0 Å². The zero-order chi connectivity index (χ0) is 22.5. The molecule has 0 aliphatic rings. The first-order chi connectivity index (χ1) is 16.1. The topological polar surface area (TPSA) is 48.5 Å². The summed E-state index contributed by atoms with van der Waals surface area (Å²) in [5, 5.41) is 12.5. The number of hydrogen-bond donors (Lipinski definition) is 0. The van der Waals surface area contributed by atoms with Crippen molar-refractivity contribution in [2.24, 2.45) is 0 Å². The van der Waals surface area contributed by atoms with Gasteiger partial charge in [-0.15, -0.1) is 0 Å². The Morgan fingerprint density at radius 1 is 0.636 bits per heavy atom. The summed E-state index contributed by atoms with van der Waals surface area (Å²) >= 11 is 6.42. The Morgan fingerprint density at radius 3 is 1.64 bits per heavy atom. The molecule has 3 aromatic heterocycles. The SMILES string of the molecule is Cc1nn(-c2ccccc2)c2nc3c(c(C)nn3-c3ccccc3)c(-c3cccc(Cl)c3)c12. The summed E-state index contributed by atoms with van der Waals surface area (Å²) in [5.41, 5.74) is 7.39. The van der Waals surface area contributed by atoms with E-state index in [1.807, 2.05) is 102 Å². The Balaban J connectivity index is 1.81. The lowest BCUT2D eigenvalue weighted by Crippen LogP contribution is -2.01. The number of para-hydroxylation sites is 2. The molecule has 0 amide bonds. The molecule has 6 rings (SSSR count). The van der Waals surface area contributed by atoms with E-state index in [2.05, 4.69) is 6.07 Å². The maximum absolute atomic E-state index is 6.42. The molecule has 0 aliphatic carbocycles. The van der Waals surface area contributed by atoms with Gasteiger partial charge >= 0.3 is 0 Å². The van der Waals surface area contributed by atoms with Crippen molar-refractivity contribution in [3.8, 4) is 22.5 Å². The van der Waals surface area contributed by atoms with Crippen molar-refractivity contribution >= 4 is 33.7 Å². The van der Waals surface area contributed by atoms with E-state index in [-0.39, 0.29) is 0 Å². The van der Waals surface area contributed by atoms with Crippen LogP contribution in [0.2, 0.25) is 5.02 Å². The Labute approximate surface area is 195 Å². The summed E-state index contributed by atoms with van der Waals surface area (Å²) in [6.45, 7) is 4.06. The number of pyridine rings is 1. The van der Waals surface area contributed by atoms with E-state index in [1.165, 1.54) is 0 Å². The van der Waals surface area contributed by atoms with Crippen molar-refractivity contribution in [3.63, 3.8) is 0 Å². The molecule has 0 bridgehead atoms. The smallest absolute Gasteiger partial charge is 0.166 e. The number of aryl methyl sites for hydroxylation is 2. The normalized spacial score (nSPS) is 11.5. The van der Waals surface area contributed by atoms with Gasteiger partial charge in [-0.25, -0.2) is 14.3 Å². The molecule has 5 nitrogen and oxygen atoms in total. The van der Waals surface area contributed by atoms with Gasteiger partial charge in [-0.3, -0.25) is 0 Å². The second-order valence-corrected chi connectivity index (χ2v) is 8.50. The summed E-state index contributed by atoms with van der Waals surface area (Å²) in [6, 6.07) is 28.1. The molecule has 33 heavy (non-hydrogen) atoms. The van der Waals surface area contributed by atoms with E-state index in [1.54, 1.807) is 0 Å². The third kappa shape index (κ3) is 3.12. The molecular formula is C27H20ClN5. The maximum atomic E-state index is 6.42. The fourth-order valence-electron chi connectivity index (χ4n) is 4.48. The lowest BCUT2D eigenvalue weighted by molar-refractivity contribution is 0.863. The van der Waals surface area contributed by atoms with Crippen LogP contribution in [0.25, 0.3) is 44.6 Å². The van der Waals surface area contributed by atoms with Crippen LogP contribution < -0.4 is 0 Å². The predicted octanol–water partition coefficient (Wildman–Crippen LogP) is 6.70. The number of rotatable bonds is 3. The highest BCUT2D eigenvalue weighted by Gasteiger charge is 2.23. The average Bonchev–Trinajstić information content (AvgIpc) is 3.36. The van der Waals surface area contributed by atoms with Gasteiger partial charge in [0.15, 0.2) is 11.3 Å². The van der Waals surface area contributed by atoms with Gasteiger partial charge in [0.05, 0.1) is 33.5 Å². The minimum absolute atomic E-state index is 0.687. The van der Waals surface area contributed by atoms with Gasteiger partial charge in [-0.05, 0) is 55.8 Å². The Kier molecular flexibility index (Phi) is 4.52. The number of nitrogens with zero attached hydrogens (tertiary/aromatic N) is 5. The molecule has 0 aliphatic heterocycles. The predicted molar refractivity (Wildman–Crippen MR) is 133 cm³/mol. The first kappa shape index (κ1) is 19.7. The lowest BCUT2D eigenvalue weighted by atomic mass is 9.98. The zero-order valence-corrected chi connectivity index (χ0v) is 19.0. The summed E-state index contributed by atoms with van der Waals surface area (Å²) in [4.78, 5) is 5.15. The summed E-state index contributed by atoms with van der Waals surface area (Å²) in [6.07, 6.45) is 0. The molecule has 0 radical (unpaired) electrons. The number of halogens is 1. The van der Waals surface area contributed by atoms with Crippen LogP contribution in [-0.4, -0.2) is 24.5 Å². The average molecular weight is 450 g/mol. The third-order valence-electron chi connectivity index (χ3n) is 5.90. The van der Waals surface area contributed by atoms with Crippen LogP contribution >= 0.6 is 11.6 Å². The van der Waals surface area contributed by atoms with Gasteiger partial charge in [-0.2, -0.15) is 10.2 Å². The summed E-state index contributed by atoms with van der Waals surface area (Å²) in [7, 11) is 0. The molecule has 0 atom stereocenters. The maximum Gasteiger partial charge on any atom is 0.166 e. The standard InChI is InChI=1S/C27H20ClN5/c1-17-23-25(19-10-9-11-20(28)16-19)24-18(2)31-33(22-14-7-4-8-15-22)27(24)29-26(23)32(30-17)21-12-5-3-6-13-21/h3-16H,1-2H3. The largest absolute Gasteiger partial charge is 0.214 e. The van der Waals surface area contributed by atoms with Gasteiger partial charge in [-0.1, -0.05) is 60.1 Å². The van der Waals surface area contributed by atoms with Crippen molar-refractivity contribution in [1.29, 1.82) is 0 Å². The summed E-state index contributed by atoms with van der Waals surface area (Å²) in [5.74, 6) is 0. The van der Waals surface area contributed by atoms with Crippen LogP contribution in [0.1, 0.15) is 11.4 Å². The van der Waals surface area contributed by atoms with E-state index >= 15 is 0 Å². The zero-order valence-electron chi connectivity index (χ0n) is 18.2. The second kappa shape index (κ2) is 7.57. The molecule has 0 saturated carbocycles. The van der Waals surface area contributed by atoms with Crippen molar-refractivity contribution < 1.29 is 0 Å². The number of aromatic nitrogens is 5. The Morgan fingerprint density at radius 2 is 1.15 bits per heavy atom. The first-order valence-electron chi connectivity index (χ1n) is 10.8. The van der Waals surface area contributed by atoms with E-state index in [0.717, 1.165) is 56.0 Å². The molecule has 0 N–H and O–H groups in total. The molecule has 3 aromatic carbocycles. The first-order valence-corrected chi connectivity index (χ1v) is 11.1. The Bertz CT molecular complexity index is 1530. The highest BCUT2D eigenvalue weighted by Crippen LogP contribution is 2.39. The molecular weight excluding hydrogens is 430 g/mol. The molecule has 160 valence electrons. The van der Waals surface area contributed by atoms with E-state index in [4.69, 9.17) is 26.8 Å². The van der Waals surface area contributed by atoms with E-state index < -0.39 is 0 Å². The molecule has 0 saturated heterocycles. The highest BCUT2D eigenvalue weighted by molar-refractivity contribution is 6.31. The van der Waals surface area contributed by atoms with Gasteiger partial charge in [0.2, 0.25) is 0 Å². The molecule has 0 unspecified atom stereocenters. The second-order valence-electron chi connectivity index (χ2n) is 8.06. The van der Waals surface area contributed by atoms with Gasteiger partial charge in [0.25, 0.3) is 0 Å². The van der Waals surface area contributed by atoms with Crippen molar-refractivity contribution in [1.82, 2.24) is 24.5 Å². The fraction of sp³-hybridized carbons (Fsp3) is 0.0741. The van der Waals surface area contributed by atoms with Crippen molar-refractivity contribution in [2.75, 3.05) is 0 Å². The molecule has 0 spiro atoms. The van der Waals surface area contributed by atoms with Crippen molar-refractivity contribution in [3.05, 3.63) is 101 Å². The highest BCUT2D eigenvalue weighted by atomic mass is 35.5. The van der Waals surface area contributed by atoms with Crippen molar-refractivity contribution in [2.45, 2.75) is 13.8 Å². The Hall–Kier alpha value is -3.96. The van der Waals surface area contributed by atoms with Gasteiger partial charge in [0, 0.05) is 10.6 Å². The van der Waals surface area contributed by atoms with E-state index in [0.29, 0.717) is 5.02 Å². The van der Waals surface area contributed by atoms with Crippen LogP contribution in [0, 0.1) is 13.8 Å². The van der Waals surface area contributed by atoms with Crippen LogP contribution in [0.4, 0.5) is 0 Å². The van der Waals surface area contributed by atoms with E-state index in [9.17, 15) is 0 Å². The minimum Gasteiger partial charge on any atom is -0.214 e. The fourth-order valence-corrected chi connectivity index (χ4v) is 4.67. The molecule has 6 aromatic rings. The number of hydrogen-bond acceptors (Lipinski definition) is 3. The molecule has 3 heterocycles. The lowest BCUT2D eigenvalue weighted by Gasteiger charge is -2.10. The quantitative estimate of drug-likeness (QED) is 0.302. The van der Waals surface area contributed by atoms with Crippen LogP contribution in [-0.2, 0) is 0 Å². The van der Waals surface area contributed by atoms with Crippen LogP contribution in [0.3, 0.4) is 0 Å². The molecule has 0 fully saturated rings. The minimum atomic E-state index is 0.687. The number of fused-ring (bicyclic) bond motifs is 2.